The summed E-state index contributed by atoms with van der Waals surface area (Å²) in [5, 5.41) is 12.1. The van der Waals surface area contributed by atoms with E-state index in [1.165, 1.54) is 6.08 Å². The number of aromatic nitrogens is 4. The van der Waals surface area contributed by atoms with Crippen molar-refractivity contribution in [2.24, 2.45) is 0 Å². The van der Waals surface area contributed by atoms with E-state index in [4.69, 9.17) is 21.6 Å². The molecule has 0 spiro atoms. The third kappa shape index (κ3) is 4.18. The van der Waals surface area contributed by atoms with Crippen LogP contribution >= 0.6 is 11.6 Å². The van der Waals surface area contributed by atoms with Crippen molar-refractivity contribution < 1.29 is 9.18 Å². The zero-order valence-electron chi connectivity index (χ0n) is 22.1. The van der Waals surface area contributed by atoms with E-state index in [9.17, 15) is 4.79 Å². The van der Waals surface area contributed by atoms with Crippen LogP contribution in [-0.2, 0) is 4.79 Å². The van der Waals surface area contributed by atoms with Crippen molar-refractivity contribution in [3.63, 3.8) is 0 Å². The number of hydrogen-bond acceptors (Lipinski definition) is 7. The van der Waals surface area contributed by atoms with E-state index >= 15 is 4.39 Å². The molecule has 1 atom stereocenters. The van der Waals surface area contributed by atoms with Gasteiger partial charge in [0.15, 0.2) is 5.82 Å². The van der Waals surface area contributed by atoms with Crippen LogP contribution < -0.4 is 15.1 Å². The molecule has 39 heavy (non-hydrogen) atoms. The number of fused-ring (bicyclic) bond motifs is 2. The minimum atomic E-state index is -0.494. The second kappa shape index (κ2) is 9.77. The summed E-state index contributed by atoms with van der Waals surface area (Å²) in [6.45, 7) is 10.6. The number of nitrogens with zero attached hydrogens (tertiary/aromatic N) is 6. The first kappa shape index (κ1) is 25.5. The molecule has 1 unspecified atom stereocenters. The summed E-state index contributed by atoms with van der Waals surface area (Å²) in [6.07, 6.45) is 3.05. The molecule has 4 aromatic rings. The molecule has 0 aliphatic carbocycles. The largest absolute Gasteiger partial charge is 0.352 e. The van der Waals surface area contributed by atoms with Gasteiger partial charge in [-0.2, -0.15) is 10.1 Å². The van der Waals surface area contributed by atoms with Crippen molar-refractivity contribution in [2.45, 2.75) is 25.9 Å². The van der Waals surface area contributed by atoms with Crippen LogP contribution in [0.3, 0.4) is 0 Å². The van der Waals surface area contributed by atoms with E-state index in [-0.39, 0.29) is 22.5 Å². The zero-order valence-corrected chi connectivity index (χ0v) is 22.9. The topological polar surface area (TPSA) is 93.3 Å². The maximum atomic E-state index is 16.7. The lowest BCUT2D eigenvalue weighted by molar-refractivity contribution is -0.128. The lowest BCUT2D eigenvalue weighted by Gasteiger charge is -2.42. The molecule has 1 amide bonds. The summed E-state index contributed by atoms with van der Waals surface area (Å²) >= 11 is 6.85. The van der Waals surface area contributed by atoms with Gasteiger partial charge in [0.05, 0.1) is 16.7 Å². The third-order valence-electron chi connectivity index (χ3n) is 7.88. The van der Waals surface area contributed by atoms with Crippen molar-refractivity contribution >= 4 is 51.1 Å². The summed E-state index contributed by atoms with van der Waals surface area (Å²) < 4.78 is 16.7. The van der Waals surface area contributed by atoms with Gasteiger partial charge < -0.3 is 20.0 Å². The molecule has 2 aromatic carbocycles. The molecule has 202 valence electrons. The Balaban J connectivity index is 1.52. The quantitative estimate of drug-likeness (QED) is 0.365. The van der Waals surface area contributed by atoms with Gasteiger partial charge in [0.25, 0.3) is 0 Å². The predicted molar refractivity (Wildman–Crippen MR) is 153 cm³/mol. The molecule has 0 saturated carbocycles. The number of aryl methyl sites for hydroxylation is 1. The molecule has 11 heteroatoms. The highest BCUT2D eigenvalue weighted by Crippen LogP contribution is 2.42. The van der Waals surface area contributed by atoms with Gasteiger partial charge in [0.2, 0.25) is 11.9 Å². The predicted octanol–water partition coefficient (Wildman–Crippen LogP) is 3.91. The molecule has 0 radical (unpaired) electrons. The number of aromatic amines is 1. The van der Waals surface area contributed by atoms with Crippen LogP contribution in [0.15, 0.2) is 37.1 Å². The Hall–Kier alpha value is -3.76. The number of carbonyl (C=O) groups excluding carboxylic acids is 1. The highest BCUT2D eigenvalue weighted by molar-refractivity contribution is 6.35. The number of amides is 1. The minimum Gasteiger partial charge on any atom is -0.352 e. The van der Waals surface area contributed by atoms with Crippen LogP contribution in [0.1, 0.15) is 12.5 Å². The fourth-order valence-electron chi connectivity index (χ4n) is 5.64. The van der Waals surface area contributed by atoms with Crippen molar-refractivity contribution in [3.8, 4) is 11.1 Å². The number of nitrogens with one attached hydrogen (secondary N) is 2. The number of anilines is 2. The molecule has 2 aliphatic rings. The van der Waals surface area contributed by atoms with E-state index in [1.807, 2.05) is 37.9 Å². The summed E-state index contributed by atoms with van der Waals surface area (Å²) in [6, 6.07) is 5.90. The maximum absolute atomic E-state index is 16.7. The molecule has 6 rings (SSSR count). The van der Waals surface area contributed by atoms with Crippen molar-refractivity contribution in [3.05, 3.63) is 53.5 Å². The van der Waals surface area contributed by atoms with E-state index in [2.05, 4.69) is 27.0 Å². The first-order chi connectivity index (χ1) is 18.8. The lowest BCUT2D eigenvalue weighted by atomic mass is 9.96. The van der Waals surface area contributed by atoms with Gasteiger partial charge >= 0.3 is 0 Å². The maximum Gasteiger partial charge on any atom is 0.246 e. The number of likely N-dealkylation sites (N-methyl/N-ethyl adjacent to an activating group) is 1. The van der Waals surface area contributed by atoms with Crippen LogP contribution in [0.25, 0.3) is 32.9 Å². The van der Waals surface area contributed by atoms with Crippen molar-refractivity contribution in [1.29, 1.82) is 0 Å². The summed E-state index contributed by atoms with van der Waals surface area (Å²) in [4.78, 5) is 27.9. The number of H-pyrrole nitrogens is 1. The lowest BCUT2D eigenvalue weighted by Crippen LogP contribution is -2.58. The van der Waals surface area contributed by atoms with E-state index in [1.54, 1.807) is 17.2 Å². The van der Waals surface area contributed by atoms with Crippen LogP contribution in [0, 0.1) is 12.7 Å². The Labute approximate surface area is 230 Å². The molecular formula is C28H30ClFN8O. The van der Waals surface area contributed by atoms with E-state index in [0.29, 0.717) is 54.0 Å². The zero-order chi connectivity index (χ0) is 27.4. The number of carbonyl (C=O) groups is 1. The minimum absolute atomic E-state index is 0.0735. The first-order valence-electron chi connectivity index (χ1n) is 13.0. The Morgan fingerprint density at radius 2 is 2.00 bits per heavy atom. The highest BCUT2D eigenvalue weighted by atomic mass is 35.5. The van der Waals surface area contributed by atoms with Crippen LogP contribution in [0.2, 0.25) is 5.02 Å². The van der Waals surface area contributed by atoms with E-state index in [0.717, 1.165) is 29.6 Å². The summed E-state index contributed by atoms with van der Waals surface area (Å²) in [5.41, 5.74) is 2.77. The van der Waals surface area contributed by atoms with Gasteiger partial charge in [-0.15, -0.1) is 0 Å². The van der Waals surface area contributed by atoms with Crippen LogP contribution in [0.4, 0.5) is 16.2 Å². The van der Waals surface area contributed by atoms with Gasteiger partial charge in [-0.05, 0) is 38.6 Å². The number of rotatable bonds is 5. The Morgan fingerprint density at radius 1 is 1.21 bits per heavy atom. The average Bonchev–Trinajstić information content (AvgIpc) is 3.38. The molecule has 4 heterocycles. The standard InChI is InChI=1S/C28H30ClFN8O/c1-5-21(39)38-9-8-36(12-16(38)3)27-19-10-20(29)23(22-15(2)6-7-17-11-32-35-25(17)22)24(30)26(19)33-28(34-27)37-13-18(14-37)31-4/h5-7,10-11,16,18,31H,1,8-9,12-14H2,2-4H3,(H,32,35). The Bertz CT molecular complexity index is 1610. The third-order valence-corrected chi connectivity index (χ3v) is 8.18. The average molecular weight is 549 g/mol. The molecule has 2 aromatic heterocycles. The normalized spacial score (nSPS) is 18.2. The SMILES string of the molecule is C=CC(=O)N1CCN(c2nc(N3CC(NC)C3)nc3c(F)c(-c4c(C)ccc5cn[nH]c45)c(Cl)cc23)CC1C. The number of hydrogen-bond donors (Lipinski definition) is 2. The summed E-state index contributed by atoms with van der Waals surface area (Å²) in [7, 11) is 1.92. The van der Waals surface area contributed by atoms with E-state index < -0.39 is 5.82 Å². The van der Waals surface area contributed by atoms with Gasteiger partial charge in [-0.3, -0.25) is 9.89 Å². The van der Waals surface area contributed by atoms with Crippen LogP contribution in [-0.4, -0.2) is 82.8 Å². The fraction of sp³-hybridized carbons (Fsp3) is 0.357. The molecule has 2 saturated heterocycles. The second-order valence-corrected chi connectivity index (χ2v) is 10.7. The fourth-order valence-corrected chi connectivity index (χ4v) is 5.93. The smallest absolute Gasteiger partial charge is 0.246 e. The Kier molecular flexibility index (Phi) is 6.39. The summed E-state index contributed by atoms with van der Waals surface area (Å²) in [5.74, 6) is 0.497. The second-order valence-electron chi connectivity index (χ2n) is 10.3. The van der Waals surface area contributed by atoms with Gasteiger partial charge in [0, 0.05) is 66.7 Å². The van der Waals surface area contributed by atoms with Crippen LogP contribution in [0.5, 0.6) is 0 Å². The number of halogens is 2. The highest BCUT2D eigenvalue weighted by Gasteiger charge is 2.33. The number of benzene rings is 2. The first-order valence-corrected chi connectivity index (χ1v) is 13.4. The van der Waals surface area contributed by atoms with Crippen molar-refractivity contribution in [1.82, 2.24) is 30.4 Å². The number of piperazine rings is 1. The van der Waals surface area contributed by atoms with Gasteiger partial charge in [0.1, 0.15) is 11.3 Å². The van der Waals surface area contributed by atoms with Crippen molar-refractivity contribution in [2.75, 3.05) is 49.6 Å². The Morgan fingerprint density at radius 3 is 2.72 bits per heavy atom. The van der Waals surface area contributed by atoms with Gasteiger partial charge in [-0.1, -0.05) is 30.3 Å². The molecule has 0 bridgehead atoms. The van der Waals surface area contributed by atoms with Gasteiger partial charge in [-0.25, -0.2) is 9.37 Å². The molecule has 2 aliphatic heterocycles. The molecule has 2 N–H and O–H groups in total. The monoisotopic (exact) mass is 548 g/mol. The molecule has 2 fully saturated rings. The molecule has 9 nitrogen and oxygen atoms in total. The molecular weight excluding hydrogens is 519 g/mol.